The Hall–Kier alpha value is -1.71. The Morgan fingerprint density at radius 1 is 0.909 bits per heavy atom. The lowest BCUT2D eigenvalue weighted by Crippen LogP contribution is -2.00. The summed E-state index contributed by atoms with van der Waals surface area (Å²) < 4.78 is 0. The third-order valence-electron chi connectivity index (χ3n) is 2.73. The van der Waals surface area contributed by atoms with Gasteiger partial charge in [-0.2, -0.15) is 0 Å². The van der Waals surface area contributed by atoms with Crippen LogP contribution in [0.5, 0.6) is 5.75 Å². The van der Waals surface area contributed by atoms with Crippen molar-refractivity contribution in [1.82, 2.24) is 0 Å². The molecule has 3 nitrogen and oxygen atoms in total. The first-order valence-corrected chi connectivity index (χ1v) is 7.93. The number of phenols is 1. The molecule has 0 saturated heterocycles. The molecule has 1 atom stereocenters. The number of halogens is 1. The molecule has 0 aliphatic carbocycles. The summed E-state index contributed by atoms with van der Waals surface area (Å²) in [5, 5.41) is 23.4. The predicted octanol–water partition coefficient (Wildman–Crippen LogP) is 5.22. The summed E-state index contributed by atoms with van der Waals surface area (Å²) in [5.41, 5.74) is 2.10. The van der Waals surface area contributed by atoms with E-state index < -0.39 is 6.10 Å². The highest BCUT2D eigenvalue weighted by molar-refractivity contribution is 6.30. The van der Waals surface area contributed by atoms with Gasteiger partial charge in [0.15, 0.2) is 0 Å². The Kier molecular flexibility index (Phi) is 10.1. The summed E-state index contributed by atoms with van der Waals surface area (Å²) in [6, 6.07) is 11.9. The van der Waals surface area contributed by atoms with Crippen molar-refractivity contribution in [2.24, 2.45) is 0 Å². The van der Waals surface area contributed by atoms with E-state index in [0.29, 0.717) is 10.6 Å². The first kappa shape index (κ1) is 20.3. The Morgan fingerprint density at radius 2 is 1.45 bits per heavy atom. The predicted molar refractivity (Wildman–Crippen MR) is 95.9 cm³/mol. The van der Waals surface area contributed by atoms with E-state index in [9.17, 15) is 10.2 Å². The van der Waals surface area contributed by atoms with Crippen molar-refractivity contribution in [3.8, 4) is 5.75 Å². The minimum absolute atomic E-state index is 0.116. The number of phenolic OH excluding ortho intramolecular Hbond substituents is 1. The second-order valence-electron chi connectivity index (χ2n) is 4.02. The van der Waals surface area contributed by atoms with Crippen molar-refractivity contribution in [3.63, 3.8) is 0 Å². The third kappa shape index (κ3) is 5.96. The first-order valence-electron chi connectivity index (χ1n) is 7.55. The minimum atomic E-state index is -0.790. The van der Waals surface area contributed by atoms with Gasteiger partial charge >= 0.3 is 0 Å². The molecular formula is C18H26ClNO2. The van der Waals surface area contributed by atoms with Crippen LogP contribution in [-0.4, -0.2) is 17.3 Å². The zero-order valence-corrected chi connectivity index (χ0v) is 14.6. The lowest BCUT2D eigenvalue weighted by atomic mass is 10.0. The topological polar surface area (TPSA) is 52.5 Å². The normalized spacial score (nSPS) is 10.5. The molecule has 2 aromatic rings. The number of anilines is 1. The highest BCUT2D eigenvalue weighted by atomic mass is 35.5. The standard InChI is InChI=1S/C14H14ClNO2.2C2H6/c1-16-12-6-10(7-13(17)8-12)14(18)9-2-4-11(15)5-3-9;2*1-2/h2-8,14,16-18H,1H3;2*1-2H3. The molecule has 3 N–H and O–H groups in total. The van der Waals surface area contributed by atoms with Gasteiger partial charge in [0.2, 0.25) is 0 Å². The number of benzene rings is 2. The van der Waals surface area contributed by atoms with Crippen LogP contribution in [0.2, 0.25) is 5.02 Å². The number of nitrogens with one attached hydrogen (secondary N) is 1. The van der Waals surface area contributed by atoms with Crippen LogP contribution >= 0.6 is 11.6 Å². The van der Waals surface area contributed by atoms with Crippen LogP contribution in [0, 0.1) is 0 Å². The van der Waals surface area contributed by atoms with Crippen molar-refractivity contribution in [1.29, 1.82) is 0 Å². The number of hydrogen-bond acceptors (Lipinski definition) is 3. The molecule has 0 aliphatic rings. The fourth-order valence-corrected chi connectivity index (χ4v) is 1.90. The summed E-state index contributed by atoms with van der Waals surface area (Å²) in [6.45, 7) is 8.00. The van der Waals surface area contributed by atoms with Gasteiger partial charge in [-0.25, -0.2) is 0 Å². The molecule has 0 fully saturated rings. The summed E-state index contributed by atoms with van der Waals surface area (Å²) in [6.07, 6.45) is -0.790. The molecular weight excluding hydrogens is 298 g/mol. The van der Waals surface area contributed by atoms with Crippen molar-refractivity contribution < 1.29 is 10.2 Å². The SMILES string of the molecule is CC.CC.CNc1cc(O)cc(C(O)c2ccc(Cl)cc2)c1. The van der Waals surface area contributed by atoms with Crippen LogP contribution in [-0.2, 0) is 0 Å². The van der Waals surface area contributed by atoms with Crippen LogP contribution in [0.4, 0.5) is 5.69 Å². The average Bonchev–Trinajstić information content (AvgIpc) is 2.58. The van der Waals surface area contributed by atoms with Gasteiger partial charge in [0.25, 0.3) is 0 Å². The third-order valence-corrected chi connectivity index (χ3v) is 2.98. The van der Waals surface area contributed by atoms with E-state index >= 15 is 0 Å². The molecule has 0 saturated carbocycles. The first-order chi connectivity index (χ1) is 10.6. The molecule has 0 heterocycles. The van der Waals surface area contributed by atoms with Gasteiger partial charge in [-0.1, -0.05) is 51.4 Å². The molecule has 0 bridgehead atoms. The number of aliphatic hydroxyl groups is 1. The van der Waals surface area contributed by atoms with Crippen molar-refractivity contribution >= 4 is 17.3 Å². The van der Waals surface area contributed by atoms with Crippen molar-refractivity contribution in [2.75, 3.05) is 12.4 Å². The van der Waals surface area contributed by atoms with Crippen LogP contribution in [0.1, 0.15) is 44.9 Å². The Morgan fingerprint density at radius 3 is 1.95 bits per heavy atom. The van der Waals surface area contributed by atoms with Crippen LogP contribution in [0.15, 0.2) is 42.5 Å². The van der Waals surface area contributed by atoms with E-state index in [2.05, 4.69) is 5.32 Å². The van der Waals surface area contributed by atoms with Crippen LogP contribution in [0.25, 0.3) is 0 Å². The number of aliphatic hydroxyl groups excluding tert-OH is 1. The molecule has 1 unspecified atom stereocenters. The minimum Gasteiger partial charge on any atom is -0.508 e. The molecule has 2 rings (SSSR count). The molecule has 0 spiro atoms. The highest BCUT2D eigenvalue weighted by Gasteiger charge is 2.12. The Bertz CT molecular complexity index is 541. The summed E-state index contributed by atoms with van der Waals surface area (Å²) in [7, 11) is 1.76. The molecule has 0 aliphatic heterocycles. The molecule has 0 radical (unpaired) electrons. The zero-order chi connectivity index (χ0) is 17.1. The second-order valence-corrected chi connectivity index (χ2v) is 4.45. The summed E-state index contributed by atoms with van der Waals surface area (Å²) in [5.74, 6) is 0.116. The van der Waals surface area contributed by atoms with Crippen molar-refractivity contribution in [3.05, 3.63) is 58.6 Å². The summed E-state index contributed by atoms with van der Waals surface area (Å²) in [4.78, 5) is 0. The van der Waals surface area contributed by atoms with Crippen molar-refractivity contribution in [2.45, 2.75) is 33.8 Å². The van der Waals surface area contributed by atoms with Crippen LogP contribution < -0.4 is 5.32 Å². The fraction of sp³-hybridized carbons (Fsp3) is 0.333. The van der Waals surface area contributed by atoms with Gasteiger partial charge in [0.05, 0.1) is 0 Å². The summed E-state index contributed by atoms with van der Waals surface area (Å²) >= 11 is 5.80. The van der Waals surface area contributed by atoms with Gasteiger partial charge in [-0.3, -0.25) is 0 Å². The lowest BCUT2D eigenvalue weighted by molar-refractivity contribution is 0.220. The monoisotopic (exact) mass is 323 g/mol. The fourth-order valence-electron chi connectivity index (χ4n) is 1.77. The van der Waals surface area contributed by atoms with Crippen LogP contribution in [0.3, 0.4) is 0 Å². The molecule has 0 aromatic heterocycles. The molecule has 2 aromatic carbocycles. The maximum atomic E-state index is 10.2. The van der Waals surface area contributed by atoms with Gasteiger partial charge < -0.3 is 15.5 Å². The number of aromatic hydroxyl groups is 1. The number of rotatable bonds is 3. The smallest absolute Gasteiger partial charge is 0.118 e. The Balaban J connectivity index is 0.00000102. The molecule has 4 heteroatoms. The number of hydrogen-bond donors (Lipinski definition) is 3. The van der Waals surface area contributed by atoms with E-state index in [-0.39, 0.29) is 5.75 Å². The van der Waals surface area contributed by atoms with Gasteiger partial charge in [0, 0.05) is 23.8 Å². The maximum Gasteiger partial charge on any atom is 0.118 e. The maximum absolute atomic E-state index is 10.2. The van der Waals surface area contributed by atoms with E-state index in [1.54, 1.807) is 49.5 Å². The molecule has 22 heavy (non-hydrogen) atoms. The molecule has 0 amide bonds. The second kappa shape index (κ2) is 10.9. The van der Waals surface area contributed by atoms with Gasteiger partial charge in [-0.15, -0.1) is 0 Å². The van der Waals surface area contributed by atoms with E-state index in [1.165, 1.54) is 0 Å². The van der Waals surface area contributed by atoms with Gasteiger partial charge in [-0.05, 0) is 35.4 Å². The largest absolute Gasteiger partial charge is 0.508 e. The molecule has 122 valence electrons. The highest BCUT2D eigenvalue weighted by Crippen LogP contribution is 2.28. The Labute approximate surface area is 138 Å². The average molecular weight is 324 g/mol. The lowest BCUT2D eigenvalue weighted by Gasteiger charge is -2.13. The zero-order valence-electron chi connectivity index (χ0n) is 13.9. The quantitative estimate of drug-likeness (QED) is 0.725. The van der Waals surface area contributed by atoms with E-state index in [4.69, 9.17) is 11.6 Å². The van der Waals surface area contributed by atoms with E-state index in [1.807, 2.05) is 27.7 Å². The van der Waals surface area contributed by atoms with Gasteiger partial charge in [0.1, 0.15) is 11.9 Å². The van der Waals surface area contributed by atoms with E-state index in [0.717, 1.165) is 11.3 Å².